The molecule has 96 valence electrons. The lowest BCUT2D eigenvalue weighted by molar-refractivity contribution is -0.132. The first kappa shape index (κ1) is 12.6. The predicted molar refractivity (Wildman–Crippen MR) is 69.2 cm³/mol. The number of likely N-dealkylation sites (tertiary alicyclic amines) is 1. The number of aliphatic imine (C=N–C) groups is 1. The maximum atomic E-state index is 12.4. The van der Waals surface area contributed by atoms with E-state index in [1.54, 1.807) is 4.90 Å². The first-order valence-electron chi connectivity index (χ1n) is 6.64. The molecule has 0 aromatic rings. The molecular formula is C13H23N3O. The molecule has 2 aliphatic rings. The lowest BCUT2D eigenvalue weighted by atomic mass is 9.89. The molecule has 1 unspecified atom stereocenters. The Bertz CT molecular complexity index is 340. The van der Waals surface area contributed by atoms with E-state index >= 15 is 0 Å². The van der Waals surface area contributed by atoms with Crippen LogP contribution in [-0.2, 0) is 4.79 Å². The van der Waals surface area contributed by atoms with Gasteiger partial charge in [-0.25, -0.2) is 0 Å². The van der Waals surface area contributed by atoms with Crippen molar-refractivity contribution in [3.05, 3.63) is 0 Å². The second kappa shape index (κ2) is 4.77. The highest BCUT2D eigenvalue weighted by Crippen LogP contribution is 2.32. The van der Waals surface area contributed by atoms with Crippen LogP contribution in [0.15, 0.2) is 4.99 Å². The quantitative estimate of drug-likeness (QED) is 0.746. The number of likely N-dealkylation sites (N-methyl/N-ethyl adjacent to an activating group) is 2. The van der Waals surface area contributed by atoms with E-state index in [4.69, 9.17) is 4.99 Å². The first-order valence-corrected chi connectivity index (χ1v) is 6.64. The van der Waals surface area contributed by atoms with E-state index in [1.165, 1.54) is 0 Å². The summed E-state index contributed by atoms with van der Waals surface area (Å²) >= 11 is 0. The molecule has 0 radical (unpaired) electrons. The molecule has 1 saturated heterocycles. The highest BCUT2D eigenvalue weighted by molar-refractivity contribution is 6.08. The molecule has 2 rings (SSSR count). The number of carbonyl (C=O) groups is 1. The van der Waals surface area contributed by atoms with Crippen LogP contribution in [0.2, 0.25) is 0 Å². The summed E-state index contributed by atoms with van der Waals surface area (Å²) in [6, 6.07) is 0. The normalized spacial score (nSPS) is 30.2. The Kier molecular flexibility index (Phi) is 3.52. The lowest BCUT2D eigenvalue weighted by Gasteiger charge is -2.34. The van der Waals surface area contributed by atoms with Crippen LogP contribution < -0.4 is 0 Å². The van der Waals surface area contributed by atoms with E-state index in [0.29, 0.717) is 0 Å². The second-order valence-corrected chi connectivity index (χ2v) is 5.37. The highest BCUT2D eigenvalue weighted by Gasteiger charge is 2.48. The first-order chi connectivity index (χ1) is 8.09. The van der Waals surface area contributed by atoms with Crippen molar-refractivity contribution >= 4 is 11.7 Å². The van der Waals surface area contributed by atoms with Crippen molar-refractivity contribution in [3.63, 3.8) is 0 Å². The van der Waals surface area contributed by atoms with E-state index in [1.807, 2.05) is 7.05 Å². The molecule has 4 heteroatoms. The highest BCUT2D eigenvalue weighted by atomic mass is 16.2. The van der Waals surface area contributed by atoms with Crippen LogP contribution in [0, 0.1) is 0 Å². The molecule has 0 bridgehead atoms. The van der Waals surface area contributed by atoms with E-state index in [2.05, 4.69) is 18.9 Å². The Morgan fingerprint density at radius 2 is 2.18 bits per heavy atom. The fourth-order valence-corrected chi connectivity index (χ4v) is 2.87. The zero-order valence-electron chi connectivity index (χ0n) is 11.2. The maximum absolute atomic E-state index is 12.4. The van der Waals surface area contributed by atoms with Crippen LogP contribution in [0.1, 0.15) is 39.0 Å². The van der Waals surface area contributed by atoms with E-state index in [0.717, 1.165) is 51.0 Å². The smallest absolute Gasteiger partial charge is 0.256 e. The number of piperidine rings is 1. The van der Waals surface area contributed by atoms with E-state index in [-0.39, 0.29) is 5.91 Å². The Labute approximate surface area is 104 Å². The van der Waals surface area contributed by atoms with Gasteiger partial charge in [0, 0.05) is 20.0 Å². The van der Waals surface area contributed by atoms with Gasteiger partial charge in [-0.15, -0.1) is 0 Å². The molecule has 1 atom stereocenters. The van der Waals surface area contributed by atoms with Gasteiger partial charge in [0.1, 0.15) is 5.84 Å². The van der Waals surface area contributed by atoms with Gasteiger partial charge in [-0.1, -0.05) is 13.3 Å². The van der Waals surface area contributed by atoms with Gasteiger partial charge < -0.3 is 9.80 Å². The summed E-state index contributed by atoms with van der Waals surface area (Å²) in [5.41, 5.74) is -0.454. The average Bonchev–Trinajstić information content (AvgIpc) is 2.52. The number of hydrogen-bond donors (Lipinski definition) is 0. The molecule has 1 fully saturated rings. The molecular weight excluding hydrogens is 214 g/mol. The van der Waals surface area contributed by atoms with Crippen LogP contribution in [0.25, 0.3) is 0 Å². The van der Waals surface area contributed by atoms with Gasteiger partial charge in [0.15, 0.2) is 5.54 Å². The third-order valence-electron chi connectivity index (χ3n) is 3.85. The van der Waals surface area contributed by atoms with Gasteiger partial charge in [-0.2, -0.15) is 0 Å². The average molecular weight is 237 g/mol. The molecule has 0 saturated carbocycles. The summed E-state index contributed by atoms with van der Waals surface area (Å²) in [4.78, 5) is 21.2. The molecule has 0 aromatic carbocycles. The molecule has 17 heavy (non-hydrogen) atoms. The minimum atomic E-state index is -0.454. The predicted octanol–water partition coefficient (Wildman–Crippen LogP) is 1.51. The largest absolute Gasteiger partial charge is 0.303 e. The summed E-state index contributed by atoms with van der Waals surface area (Å²) in [5.74, 6) is 1.20. The number of nitrogens with zero attached hydrogens (tertiary/aromatic N) is 3. The van der Waals surface area contributed by atoms with E-state index in [9.17, 15) is 4.79 Å². The van der Waals surface area contributed by atoms with Crippen molar-refractivity contribution in [1.29, 1.82) is 0 Å². The lowest BCUT2D eigenvalue weighted by Crippen LogP contribution is -2.51. The van der Waals surface area contributed by atoms with Gasteiger partial charge in [-0.05, 0) is 32.9 Å². The third-order valence-corrected chi connectivity index (χ3v) is 3.85. The van der Waals surface area contributed by atoms with Crippen molar-refractivity contribution < 1.29 is 4.79 Å². The van der Waals surface area contributed by atoms with Crippen molar-refractivity contribution in [2.24, 2.45) is 4.99 Å². The molecule has 2 aliphatic heterocycles. The van der Waals surface area contributed by atoms with Gasteiger partial charge >= 0.3 is 0 Å². The summed E-state index contributed by atoms with van der Waals surface area (Å²) in [6.07, 6.45) is 5.18. The number of amidine groups is 1. The van der Waals surface area contributed by atoms with Crippen molar-refractivity contribution in [3.8, 4) is 0 Å². The number of amides is 1. The van der Waals surface area contributed by atoms with Gasteiger partial charge in [0.05, 0.1) is 0 Å². The third kappa shape index (κ3) is 2.23. The number of carbonyl (C=O) groups excluding carboxylic acids is 1. The zero-order chi connectivity index (χ0) is 12.5. The molecule has 1 amide bonds. The SMILES string of the molecule is CCCCC1=NC2(CCCN(C)C2)C(=O)N1C. The van der Waals surface area contributed by atoms with Crippen molar-refractivity contribution in [2.75, 3.05) is 27.2 Å². The minimum absolute atomic E-state index is 0.204. The van der Waals surface area contributed by atoms with Crippen LogP contribution in [0.5, 0.6) is 0 Å². The number of rotatable bonds is 3. The molecule has 4 nitrogen and oxygen atoms in total. The minimum Gasteiger partial charge on any atom is -0.303 e. The Morgan fingerprint density at radius 1 is 1.41 bits per heavy atom. The number of unbranched alkanes of at least 4 members (excludes halogenated alkanes) is 1. The van der Waals surface area contributed by atoms with Crippen LogP contribution in [-0.4, -0.2) is 54.3 Å². The topological polar surface area (TPSA) is 35.9 Å². The fourth-order valence-electron chi connectivity index (χ4n) is 2.87. The van der Waals surface area contributed by atoms with Gasteiger partial charge in [0.2, 0.25) is 0 Å². The molecule has 2 heterocycles. The fraction of sp³-hybridized carbons (Fsp3) is 0.846. The van der Waals surface area contributed by atoms with Crippen molar-refractivity contribution in [2.45, 2.75) is 44.6 Å². The Morgan fingerprint density at radius 3 is 2.82 bits per heavy atom. The summed E-state index contributed by atoms with van der Waals surface area (Å²) < 4.78 is 0. The standard InChI is InChI=1S/C13H23N3O/c1-4-5-7-11-14-13(12(17)16(11)3)8-6-9-15(2)10-13/h4-10H2,1-3H3. The molecule has 0 aliphatic carbocycles. The second-order valence-electron chi connectivity index (χ2n) is 5.37. The van der Waals surface area contributed by atoms with Crippen molar-refractivity contribution in [1.82, 2.24) is 9.80 Å². The van der Waals surface area contributed by atoms with Crippen LogP contribution in [0.3, 0.4) is 0 Å². The van der Waals surface area contributed by atoms with Crippen LogP contribution >= 0.6 is 0 Å². The summed E-state index contributed by atoms with van der Waals surface area (Å²) in [6.45, 7) is 4.03. The summed E-state index contributed by atoms with van der Waals surface area (Å²) in [7, 11) is 3.95. The van der Waals surface area contributed by atoms with Crippen LogP contribution in [0.4, 0.5) is 0 Å². The summed E-state index contributed by atoms with van der Waals surface area (Å²) in [5, 5.41) is 0. The van der Waals surface area contributed by atoms with Gasteiger partial charge in [0.25, 0.3) is 5.91 Å². The van der Waals surface area contributed by atoms with Gasteiger partial charge in [-0.3, -0.25) is 9.79 Å². The molecule has 1 spiro atoms. The maximum Gasteiger partial charge on any atom is 0.256 e. The zero-order valence-corrected chi connectivity index (χ0v) is 11.2. The Hall–Kier alpha value is -0.900. The van der Waals surface area contributed by atoms with E-state index < -0.39 is 5.54 Å². The molecule has 0 aromatic heterocycles. The molecule has 0 N–H and O–H groups in total. The Balaban J connectivity index is 2.17. The number of hydrogen-bond acceptors (Lipinski definition) is 3. The monoisotopic (exact) mass is 237 g/mol.